The first-order chi connectivity index (χ1) is 8.08. The third-order valence-electron chi connectivity index (χ3n) is 1.98. The third kappa shape index (κ3) is 2.91. The molecule has 0 bridgehead atoms. The topological polar surface area (TPSA) is 57.8 Å². The van der Waals surface area contributed by atoms with Gasteiger partial charge in [0.2, 0.25) is 0 Å². The minimum absolute atomic E-state index is 0.207. The Morgan fingerprint density at radius 3 is 2.88 bits per heavy atom. The van der Waals surface area contributed by atoms with Crippen molar-refractivity contribution in [1.82, 2.24) is 9.97 Å². The van der Waals surface area contributed by atoms with Gasteiger partial charge in [-0.05, 0) is 40.8 Å². The maximum Gasteiger partial charge on any atom is 0.266 e. The van der Waals surface area contributed by atoms with Crippen molar-refractivity contribution in [3.8, 4) is 0 Å². The van der Waals surface area contributed by atoms with Gasteiger partial charge in [0, 0.05) is 5.02 Å². The Bertz CT molecular complexity index is 615. The molecule has 2 aromatic rings. The summed E-state index contributed by atoms with van der Waals surface area (Å²) < 4.78 is 0.459. The van der Waals surface area contributed by atoms with Gasteiger partial charge in [0.05, 0.1) is 17.0 Å². The molecule has 0 aliphatic carbocycles. The molecule has 1 aromatic heterocycles. The summed E-state index contributed by atoms with van der Waals surface area (Å²) in [6, 6.07) is 5.03. The molecule has 1 heterocycles. The van der Waals surface area contributed by atoms with Crippen molar-refractivity contribution in [3.63, 3.8) is 0 Å². The minimum Gasteiger partial charge on any atom is -0.338 e. The van der Waals surface area contributed by atoms with E-state index in [-0.39, 0.29) is 5.56 Å². The fraction of sp³-hybridized carbons (Fsp3) is 0. The van der Waals surface area contributed by atoms with E-state index in [2.05, 4.69) is 15.3 Å². The van der Waals surface area contributed by atoms with Crippen molar-refractivity contribution in [1.29, 1.82) is 0 Å². The van der Waals surface area contributed by atoms with Crippen LogP contribution >= 0.6 is 45.8 Å². The number of aromatic nitrogens is 2. The summed E-state index contributed by atoms with van der Waals surface area (Å²) in [6.07, 6.45) is 1.32. The van der Waals surface area contributed by atoms with E-state index >= 15 is 0 Å². The number of H-pyrrole nitrogens is 1. The smallest absolute Gasteiger partial charge is 0.266 e. The fourth-order valence-electron chi connectivity index (χ4n) is 1.19. The predicted octanol–water partition coefficient (Wildman–Crippen LogP) is 3.42. The van der Waals surface area contributed by atoms with Crippen LogP contribution in [0.4, 0.5) is 11.5 Å². The highest BCUT2D eigenvalue weighted by molar-refractivity contribution is 14.1. The molecule has 0 unspecified atom stereocenters. The van der Waals surface area contributed by atoms with Gasteiger partial charge in [0.15, 0.2) is 5.82 Å². The van der Waals surface area contributed by atoms with Gasteiger partial charge in [0.25, 0.3) is 5.56 Å². The maximum absolute atomic E-state index is 11.4. The van der Waals surface area contributed by atoms with E-state index in [1.54, 1.807) is 18.2 Å². The third-order valence-corrected chi connectivity index (χ3v) is 3.54. The van der Waals surface area contributed by atoms with E-state index in [1.807, 2.05) is 22.6 Å². The summed E-state index contributed by atoms with van der Waals surface area (Å²) >= 11 is 13.8. The lowest BCUT2D eigenvalue weighted by atomic mass is 10.3. The number of nitrogens with one attached hydrogen (secondary N) is 2. The van der Waals surface area contributed by atoms with Crippen LogP contribution in [-0.2, 0) is 0 Å². The number of hydrogen-bond donors (Lipinski definition) is 2. The number of anilines is 2. The van der Waals surface area contributed by atoms with E-state index in [1.165, 1.54) is 6.33 Å². The molecule has 88 valence electrons. The van der Waals surface area contributed by atoms with E-state index in [0.29, 0.717) is 25.1 Å². The molecule has 17 heavy (non-hydrogen) atoms. The first kappa shape index (κ1) is 12.7. The average molecular weight is 382 g/mol. The van der Waals surface area contributed by atoms with Crippen molar-refractivity contribution < 1.29 is 0 Å². The second-order valence-electron chi connectivity index (χ2n) is 3.14. The summed E-state index contributed by atoms with van der Waals surface area (Å²) in [4.78, 5) is 17.9. The predicted molar refractivity (Wildman–Crippen MR) is 77.3 cm³/mol. The summed E-state index contributed by atoms with van der Waals surface area (Å²) in [5, 5.41) is 4.03. The maximum atomic E-state index is 11.4. The molecule has 1 aromatic carbocycles. The van der Waals surface area contributed by atoms with Crippen LogP contribution in [0, 0.1) is 3.57 Å². The zero-order chi connectivity index (χ0) is 12.4. The number of aromatic amines is 1. The van der Waals surface area contributed by atoms with E-state index in [0.717, 1.165) is 0 Å². The molecule has 0 radical (unpaired) electrons. The quantitative estimate of drug-likeness (QED) is 0.783. The van der Waals surface area contributed by atoms with Crippen molar-refractivity contribution in [2.75, 3.05) is 5.32 Å². The monoisotopic (exact) mass is 381 g/mol. The molecular formula is C10H6Cl2IN3O. The minimum atomic E-state index is -0.207. The zero-order valence-corrected chi connectivity index (χ0v) is 12.0. The van der Waals surface area contributed by atoms with Crippen LogP contribution in [-0.4, -0.2) is 9.97 Å². The Kier molecular flexibility index (Phi) is 3.90. The van der Waals surface area contributed by atoms with Crippen LogP contribution in [0.1, 0.15) is 0 Å². The van der Waals surface area contributed by atoms with Crippen molar-refractivity contribution in [2.45, 2.75) is 0 Å². The first-order valence-electron chi connectivity index (χ1n) is 4.53. The first-order valence-corrected chi connectivity index (χ1v) is 6.36. The Morgan fingerprint density at radius 1 is 1.35 bits per heavy atom. The van der Waals surface area contributed by atoms with Gasteiger partial charge in [0.1, 0.15) is 3.57 Å². The van der Waals surface area contributed by atoms with Crippen molar-refractivity contribution in [2.24, 2.45) is 0 Å². The van der Waals surface area contributed by atoms with Crippen LogP contribution in [0.25, 0.3) is 0 Å². The van der Waals surface area contributed by atoms with Crippen molar-refractivity contribution in [3.05, 3.63) is 48.5 Å². The number of nitrogens with zero attached hydrogens (tertiary/aromatic N) is 1. The number of benzene rings is 1. The second kappa shape index (κ2) is 5.24. The Hall–Kier alpha value is -0.790. The zero-order valence-electron chi connectivity index (χ0n) is 8.30. The highest BCUT2D eigenvalue weighted by Gasteiger charge is 2.08. The SMILES string of the molecule is O=c1[nH]cnc(Nc2cc(Cl)ccc2Cl)c1I. The lowest BCUT2D eigenvalue weighted by molar-refractivity contribution is 1.10. The van der Waals surface area contributed by atoms with Crippen molar-refractivity contribution >= 4 is 57.3 Å². The van der Waals surface area contributed by atoms with Gasteiger partial charge in [-0.2, -0.15) is 0 Å². The van der Waals surface area contributed by atoms with Gasteiger partial charge in [-0.3, -0.25) is 4.79 Å². The van der Waals surface area contributed by atoms with Crippen LogP contribution in [0.15, 0.2) is 29.3 Å². The normalized spacial score (nSPS) is 10.3. The van der Waals surface area contributed by atoms with E-state index in [4.69, 9.17) is 23.2 Å². The van der Waals surface area contributed by atoms with Gasteiger partial charge >= 0.3 is 0 Å². The molecule has 0 aliphatic rings. The molecular weight excluding hydrogens is 376 g/mol. The highest BCUT2D eigenvalue weighted by Crippen LogP contribution is 2.28. The fourth-order valence-corrected chi connectivity index (χ4v) is 1.96. The van der Waals surface area contributed by atoms with Gasteiger partial charge in [-0.25, -0.2) is 4.98 Å². The number of hydrogen-bond acceptors (Lipinski definition) is 3. The Labute approximate surface area is 121 Å². The summed E-state index contributed by atoms with van der Waals surface area (Å²) in [7, 11) is 0. The molecule has 2 rings (SSSR count). The number of rotatable bonds is 2. The van der Waals surface area contributed by atoms with Crippen LogP contribution in [0.2, 0.25) is 10.0 Å². The lowest BCUT2D eigenvalue weighted by Gasteiger charge is -2.08. The molecule has 4 nitrogen and oxygen atoms in total. The molecule has 7 heteroatoms. The van der Waals surface area contributed by atoms with Gasteiger partial charge in [-0.15, -0.1) is 0 Å². The standard InChI is InChI=1S/C10H6Cl2IN3O/c11-5-1-2-6(12)7(3-5)16-9-8(13)10(17)15-4-14-9/h1-4H,(H2,14,15,16,17). The van der Waals surface area contributed by atoms with Crippen LogP contribution in [0.5, 0.6) is 0 Å². The molecule has 0 amide bonds. The molecule has 0 aliphatic heterocycles. The molecule has 0 spiro atoms. The van der Waals surface area contributed by atoms with Gasteiger partial charge in [-0.1, -0.05) is 23.2 Å². The molecule has 0 saturated carbocycles. The van der Waals surface area contributed by atoms with Crippen LogP contribution < -0.4 is 10.9 Å². The van der Waals surface area contributed by atoms with Crippen LogP contribution in [0.3, 0.4) is 0 Å². The van der Waals surface area contributed by atoms with Gasteiger partial charge < -0.3 is 10.3 Å². The summed E-state index contributed by atoms with van der Waals surface area (Å²) in [5.74, 6) is 0.443. The average Bonchev–Trinajstić information content (AvgIpc) is 2.30. The Morgan fingerprint density at radius 2 is 2.12 bits per heavy atom. The molecule has 0 atom stereocenters. The van der Waals surface area contributed by atoms with E-state index in [9.17, 15) is 4.79 Å². The molecule has 0 saturated heterocycles. The highest BCUT2D eigenvalue weighted by atomic mass is 127. The molecule has 0 fully saturated rings. The molecule has 2 N–H and O–H groups in total. The Balaban J connectivity index is 2.41. The summed E-state index contributed by atoms with van der Waals surface area (Å²) in [6.45, 7) is 0. The largest absolute Gasteiger partial charge is 0.338 e. The summed E-state index contributed by atoms with van der Waals surface area (Å²) in [5.41, 5.74) is 0.399. The lowest BCUT2D eigenvalue weighted by Crippen LogP contribution is -2.13. The number of halogens is 3. The second-order valence-corrected chi connectivity index (χ2v) is 5.07. The van der Waals surface area contributed by atoms with E-state index < -0.39 is 0 Å².